The third-order valence-corrected chi connectivity index (χ3v) is 3.94. The molecule has 0 unspecified atom stereocenters. The Morgan fingerprint density at radius 1 is 1.26 bits per heavy atom. The summed E-state index contributed by atoms with van der Waals surface area (Å²) in [5, 5.41) is 0. The fourth-order valence-electron chi connectivity index (χ4n) is 3.19. The van der Waals surface area contributed by atoms with E-state index >= 15 is 0 Å². The van der Waals surface area contributed by atoms with E-state index in [-0.39, 0.29) is 11.4 Å². The van der Waals surface area contributed by atoms with Gasteiger partial charge in [-0.3, -0.25) is 4.79 Å². The molecule has 3 nitrogen and oxygen atoms in total. The van der Waals surface area contributed by atoms with Crippen molar-refractivity contribution < 1.29 is 4.79 Å². The number of likely N-dealkylation sites (tertiary alicyclic amines) is 1. The summed E-state index contributed by atoms with van der Waals surface area (Å²) < 4.78 is 0. The van der Waals surface area contributed by atoms with Crippen molar-refractivity contribution in [1.29, 1.82) is 0 Å². The van der Waals surface area contributed by atoms with Gasteiger partial charge < -0.3 is 10.6 Å². The largest absolute Gasteiger partial charge is 0.335 e. The SMILES string of the molecule is CCCC1(N)CN(C(=O)c2c(C)cc(C)cc2C)C1. The van der Waals surface area contributed by atoms with Gasteiger partial charge in [0.1, 0.15) is 0 Å². The van der Waals surface area contributed by atoms with Gasteiger partial charge in [-0.25, -0.2) is 0 Å². The smallest absolute Gasteiger partial charge is 0.254 e. The van der Waals surface area contributed by atoms with Crippen molar-refractivity contribution in [3.63, 3.8) is 0 Å². The van der Waals surface area contributed by atoms with Gasteiger partial charge in [-0.2, -0.15) is 0 Å². The molecule has 0 atom stereocenters. The van der Waals surface area contributed by atoms with E-state index in [1.165, 1.54) is 5.56 Å². The van der Waals surface area contributed by atoms with Crippen molar-refractivity contribution >= 4 is 5.91 Å². The molecule has 104 valence electrons. The van der Waals surface area contributed by atoms with Crippen LogP contribution in [0.1, 0.15) is 46.8 Å². The van der Waals surface area contributed by atoms with Gasteiger partial charge in [0.15, 0.2) is 0 Å². The molecule has 1 aromatic carbocycles. The summed E-state index contributed by atoms with van der Waals surface area (Å²) in [6.45, 7) is 9.58. The average Bonchev–Trinajstić information content (AvgIpc) is 2.24. The number of carbonyl (C=O) groups is 1. The van der Waals surface area contributed by atoms with Crippen LogP contribution in [-0.4, -0.2) is 29.4 Å². The van der Waals surface area contributed by atoms with Crippen LogP contribution >= 0.6 is 0 Å². The van der Waals surface area contributed by atoms with Crippen LogP contribution in [-0.2, 0) is 0 Å². The predicted molar refractivity (Wildman–Crippen MR) is 78.4 cm³/mol. The summed E-state index contributed by atoms with van der Waals surface area (Å²) in [6, 6.07) is 4.14. The summed E-state index contributed by atoms with van der Waals surface area (Å²) in [4.78, 5) is 14.4. The van der Waals surface area contributed by atoms with Gasteiger partial charge in [-0.05, 0) is 38.3 Å². The maximum atomic E-state index is 12.5. The fourth-order valence-corrected chi connectivity index (χ4v) is 3.19. The van der Waals surface area contributed by atoms with E-state index < -0.39 is 0 Å². The Morgan fingerprint density at radius 3 is 2.26 bits per heavy atom. The molecule has 0 radical (unpaired) electrons. The molecule has 19 heavy (non-hydrogen) atoms. The van der Waals surface area contributed by atoms with E-state index in [0.717, 1.165) is 29.5 Å². The molecule has 3 heteroatoms. The molecule has 1 saturated heterocycles. The molecule has 1 fully saturated rings. The highest BCUT2D eigenvalue weighted by atomic mass is 16.2. The van der Waals surface area contributed by atoms with Gasteiger partial charge in [0.05, 0.1) is 5.54 Å². The highest BCUT2D eigenvalue weighted by Gasteiger charge is 2.41. The van der Waals surface area contributed by atoms with E-state index in [2.05, 4.69) is 26.0 Å². The molecule has 0 bridgehead atoms. The Morgan fingerprint density at radius 2 is 1.79 bits per heavy atom. The van der Waals surface area contributed by atoms with Gasteiger partial charge >= 0.3 is 0 Å². The first-order valence-electron chi connectivity index (χ1n) is 7.02. The molecule has 1 aliphatic rings. The van der Waals surface area contributed by atoms with Gasteiger partial charge in [0.2, 0.25) is 0 Å². The van der Waals surface area contributed by atoms with Crippen LogP contribution in [0.3, 0.4) is 0 Å². The van der Waals surface area contributed by atoms with Crippen LogP contribution in [0, 0.1) is 20.8 Å². The van der Waals surface area contributed by atoms with Crippen molar-refractivity contribution in [3.05, 3.63) is 34.4 Å². The van der Waals surface area contributed by atoms with Crippen molar-refractivity contribution in [3.8, 4) is 0 Å². The summed E-state index contributed by atoms with van der Waals surface area (Å²) >= 11 is 0. The Balaban J connectivity index is 2.15. The van der Waals surface area contributed by atoms with Crippen LogP contribution in [0.5, 0.6) is 0 Å². The Hall–Kier alpha value is -1.35. The second-order valence-corrected chi connectivity index (χ2v) is 6.05. The lowest BCUT2D eigenvalue weighted by atomic mass is 9.85. The zero-order valence-corrected chi connectivity index (χ0v) is 12.4. The van der Waals surface area contributed by atoms with E-state index in [1.54, 1.807) is 0 Å². The molecule has 2 N–H and O–H groups in total. The lowest BCUT2D eigenvalue weighted by molar-refractivity contribution is 0.0385. The summed E-state index contributed by atoms with van der Waals surface area (Å²) in [7, 11) is 0. The van der Waals surface area contributed by atoms with Crippen molar-refractivity contribution in [2.45, 2.75) is 46.1 Å². The summed E-state index contributed by atoms with van der Waals surface area (Å²) in [6.07, 6.45) is 2.06. The van der Waals surface area contributed by atoms with E-state index in [1.807, 2.05) is 18.7 Å². The summed E-state index contributed by atoms with van der Waals surface area (Å²) in [5.41, 5.74) is 10.2. The molecular formula is C16H24N2O. The second kappa shape index (κ2) is 4.97. The topological polar surface area (TPSA) is 46.3 Å². The molecule has 1 aliphatic heterocycles. The second-order valence-electron chi connectivity index (χ2n) is 6.05. The zero-order valence-electron chi connectivity index (χ0n) is 12.4. The maximum absolute atomic E-state index is 12.5. The van der Waals surface area contributed by atoms with Gasteiger partial charge in [-0.1, -0.05) is 31.0 Å². The monoisotopic (exact) mass is 260 g/mol. The third kappa shape index (κ3) is 2.66. The van der Waals surface area contributed by atoms with Crippen LogP contribution < -0.4 is 5.73 Å². The molecule has 0 aliphatic carbocycles. The first-order chi connectivity index (χ1) is 8.86. The normalized spacial score (nSPS) is 17.2. The number of nitrogens with two attached hydrogens (primary N) is 1. The van der Waals surface area contributed by atoms with Crippen molar-refractivity contribution in [1.82, 2.24) is 4.90 Å². The number of benzene rings is 1. The van der Waals surface area contributed by atoms with Crippen molar-refractivity contribution in [2.75, 3.05) is 13.1 Å². The molecule has 0 spiro atoms. The van der Waals surface area contributed by atoms with Crippen molar-refractivity contribution in [2.24, 2.45) is 5.73 Å². The lowest BCUT2D eigenvalue weighted by Crippen LogP contribution is -2.68. The zero-order chi connectivity index (χ0) is 14.2. The number of hydrogen-bond acceptors (Lipinski definition) is 2. The first-order valence-corrected chi connectivity index (χ1v) is 7.02. The van der Waals surface area contributed by atoms with Crippen LogP contribution in [0.4, 0.5) is 0 Å². The molecule has 1 amide bonds. The molecule has 0 saturated carbocycles. The number of nitrogens with zero attached hydrogens (tertiary/aromatic N) is 1. The maximum Gasteiger partial charge on any atom is 0.254 e. The Bertz CT molecular complexity index is 478. The number of rotatable bonds is 3. The minimum Gasteiger partial charge on any atom is -0.335 e. The van der Waals surface area contributed by atoms with Crippen LogP contribution in [0.25, 0.3) is 0 Å². The van der Waals surface area contributed by atoms with E-state index in [9.17, 15) is 4.79 Å². The number of amides is 1. The fraction of sp³-hybridized carbons (Fsp3) is 0.562. The summed E-state index contributed by atoms with van der Waals surface area (Å²) in [5.74, 6) is 0.132. The standard InChI is InChI=1S/C16H24N2O/c1-5-6-16(17)9-18(10-16)15(19)14-12(3)7-11(2)8-13(14)4/h7-8H,5-6,9-10,17H2,1-4H3. The molecule has 2 rings (SSSR count). The first kappa shape index (κ1) is 14.1. The van der Waals surface area contributed by atoms with Crippen LogP contribution in [0.2, 0.25) is 0 Å². The number of aryl methyl sites for hydroxylation is 3. The van der Waals surface area contributed by atoms with Gasteiger partial charge in [0.25, 0.3) is 5.91 Å². The van der Waals surface area contributed by atoms with E-state index in [0.29, 0.717) is 13.1 Å². The average molecular weight is 260 g/mol. The Labute approximate surface area is 115 Å². The Kier molecular flexibility index (Phi) is 3.68. The van der Waals surface area contributed by atoms with Gasteiger partial charge in [-0.15, -0.1) is 0 Å². The predicted octanol–water partition coefficient (Wildman–Crippen LogP) is 2.57. The minimum atomic E-state index is -0.156. The number of carbonyl (C=O) groups excluding carboxylic acids is 1. The quantitative estimate of drug-likeness (QED) is 0.908. The third-order valence-electron chi connectivity index (χ3n) is 3.94. The van der Waals surface area contributed by atoms with Gasteiger partial charge in [0, 0.05) is 18.7 Å². The highest BCUT2D eigenvalue weighted by Crippen LogP contribution is 2.27. The van der Waals surface area contributed by atoms with Crippen LogP contribution in [0.15, 0.2) is 12.1 Å². The minimum absolute atomic E-state index is 0.132. The molecule has 1 aromatic rings. The van der Waals surface area contributed by atoms with E-state index in [4.69, 9.17) is 5.73 Å². The molecule has 0 aromatic heterocycles. The number of hydrogen-bond donors (Lipinski definition) is 1. The lowest BCUT2D eigenvalue weighted by Gasteiger charge is -2.48. The molecular weight excluding hydrogens is 236 g/mol. The highest BCUT2D eigenvalue weighted by molar-refractivity contribution is 5.97. The molecule has 1 heterocycles.